The van der Waals surface area contributed by atoms with Crippen molar-refractivity contribution in [2.45, 2.75) is 18.5 Å². The number of rotatable bonds is 6. The van der Waals surface area contributed by atoms with Gasteiger partial charge in [-0.15, -0.1) is 0 Å². The highest BCUT2D eigenvalue weighted by Gasteiger charge is 2.32. The smallest absolute Gasteiger partial charge is 0.315 e. The van der Waals surface area contributed by atoms with Gasteiger partial charge in [0.25, 0.3) is 0 Å². The summed E-state index contributed by atoms with van der Waals surface area (Å²) in [5.41, 5.74) is 2.78. The van der Waals surface area contributed by atoms with Gasteiger partial charge < -0.3 is 20.3 Å². The van der Waals surface area contributed by atoms with Crippen molar-refractivity contribution >= 4 is 17.6 Å². The maximum atomic E-state index is 12.8. The molecule has 6 heteroatoms. The first-order valence-electron chi connectivity index (χ1n) is 10.3. The van der Waals surface area contributed by atoms with Crippen LogP contribution in [0.5, 0.6) is 5.75 Å². The van der Waals surface area contributed by atoms with Gasteiger partial charge in [-0.1, -0.05) is 60.7 Å². The molecule has 1 atom stereocenters. The summed E-state index contributed by atoms with van der Waals surface area (Å²) in [5, 5.41) is 6.03. The SMILES string of the molecule is COc1ccc(N2C[C@@H](NC(=O)NC(c3ccccc3)c3ccccc3)CC2=O)cc1. The molecule has 3 aromatic rings. The van der Waals surface area contributed by atoms with E-state index < -0.39 is 0 Å². The highest BCUT2D eigenvalue weighted by Crippen LogP contribution is 2.25. The van der Waals surface area contributed by atoms with E-state index in [9.17, 15) is 9.59 Å². The first kappa shape index (κ1) is 20.5. The third kappa shape index (κ3) is 4.86. The summed E-state index contributed by atoms with van der Waals surface area (Å²) in [4.78, 5) is 27.0. The molecular weight excluding hydrogens is 390 g/mol. The number of hydrogen-bond acceptors (Lipinski definition) is 3. The second-order valence-electron chi connectivity index (χ2n) is 7.48. The van der Waals surface area contributed by atoms with Crippen molar-refractivity contribution in [2.24, 2.45) is 0 Å². The van der Waals surface area contributed by atoms with Gasteiger partial charge in [0.1, 0.15) is 5.75 Å². The monoisotopic (exact) mass is 415 g/mol. The number of carbonyl (C=O) groups is 2. The summed E-state index contributed by atoms with van der Waals surface area (Å²) in [5.74, 6) is 0.718. The molecule has 1 fully saturated rings. The molecule has 1 saturated heterocycles. The molecule has 0 radical (unpaired) electrons. The molecule has 0 bridgehead atoms. The maximum absolute atomic E-state index is 12.8. The summed E-state index contributed by atoms with van der Waals surface area (Å²) < 4.78 is 5.17. The highest BCUT2D eigenvalue weighted by molar-refractivity contribution is 5.96. The van der Waals surface area contributed by atoms with Crippen LogP contribution in [-0.4, -0.2) is 31.6 Å². The standard InChI is InChI=1S/C25H25N3O3/c1-31-22-14-12-21(13-15-22)28-17-20(16-23(28)29)26-25(30)27-24(18-8-4-2-5-9-18)19-10-6-3-7-11-19/h2-15,20,24H,16-17H2,1H3,(H2,26,27,30)/t20-/m0/s1. The van der Waals surface area contributed by atoms with Gasteiger partial charge in [-0.25, -0.2) is 4.79 Å². The van der Waals surface area contributed by atoms with Crippen LogP contribution in [-0.2, 0) is 4.79 Å². The first-order chi connectivity index (χ1) is 15.1. The third-order valence-corrected chi connectivity index (χ3v) is 5.39. The van der Waals surface area contributed by atoms with E-state index in [-0.39, 0.29) is 30.4 Å². The van der Waals surface area contributed by atoms with Crippen molar-refractivity contribution in [1.29, 1.82) is 0 Å². The Morgan fingerprint density at radius 2 is 1.52 bits per heavy atom. The lowest BCUT2D eigenvalue weighted by molar-refractivity contribution is -0.117. The van der Waals surface area contributed by atoms with Crippen molar-refractivity contribution in [2.75, 3.05) is 18.6 Å². The second-order valence-corrected chi connectivity index (χ2v) is 7.48. The molecule has 31 heavy (non-hydrogen) atoms. The molecule has 0 aliphatic carbocycles. The predicted molar refractivity (Wildman–Crippen MR) is 120 cm³/mol. The Bertz CT molecular complexity index is 983. The molecule has 6 nitrogen and oxygen atoms in total. The first-order valence-corrected chi connectivity index (χ1v) is 10.3. The molecule has 4 rings (SSSR count). The van der Waals surface area contributed by atoms with E-state index in [1.165, 1.54) is 0 Å². The minimum Gasteiger partial charge on any atom is -0.497 e. The fourth-order valence-corrected chi connectivity index (χ4v) is 3.82. The van der Waals surface area contributed by atoms with Crippen molar-refractivity contribution in [3.63, 3.8) is 0 Å². The van der Waals surface area contributed by atoms with Crippen molar-refractivity contribution in [3.8, 4) is 5.75 Å². The average Bonchev–Trinajstić information content (AvgIpc) is 3.18. The molecular formula is C25H25N3O3. The zero-order valence-corrected chi connectivity index (χ0v) is 17.3. The number of hydrogen-bond donors (Lipinski definition) is 2. The Balaban J connectivity index is 1.43. The fraction of sp³-hybridized carbons (Fsp3) is 0.200. The van der Waals surface area contributed by atoms with E-state index in [1.54, 1.807) is 12.0 Å². The summed E-state index contributed by atoms with van der Waals surface area (Å²) in [7, 11) is 1.60. The molecule has 1 aliphatic heterocycles. The number of nitrogens with zero attached hydrogens (tertiary/aromatic N) is 1. The lowest BCUT2D eigenvalue weighted by Crippen LogP contribution is -2.44. The zero-order chi connectivity index (χ0) is 21.6. The Labute approximate surface area is 181 Å². The number of amides is 3. The summed E-state index contributed by atoms with van der Waals surface area (Å²) in [6.07, 6.45) is 0.265. The second kappa shape index (κ2) is 9.34. The Morgan fingerprint density at radius 3 is 2.06 bits per heavy atom. The zero-order valence-electron chi connectivity index (χ0n) is 17.3. The highest BCUT2D eigenvalue weighted by atomic mass is 16.5. The number of urea groups is 1. The van der Waals surface area contributed by atoms with E-state index in [0.29, 0.717) is 6.54 Å². The van der Waals surface area contributed by atoms with Crippen LogP contribution < -0.4 is 20.3 Å². The summed E-state index contributed by atoms with van der Waals surface area (Å²) in [6.45, 7) is 0.430. The molecule has 3 aromatic carbocycles. The third-order valence-electron chi connectivity index (χ3n) is 5.39. The number of carbonyl (C=O) groups excluding carboxylic acids is 2. The molecule has 1 heterocycles. The molecule has 0 saturated carbocycles. The average molecular weight is 415 g/mol. The minimum atomic E-state index is -0.299. The van der Waals surface area contributed by atoms with Gasteiger partial charge in [0, 0.05) is 18.7 Å². The fourth-order valence-electron chi connectivity index (χ4n) is 3.82. The molecule has 2 N–H and O–H groups in total. The number of nitrogens with one attached hydrogen (secondary N) is 2. The molecule has 158 valence electrons. The Kier molecular flexibility index (Phi) is 6.17. The molecule has 1 aliphatic rings. The Hall–Kier alpha value is -3.80. The summed E-state index contributed by atoms with van der Waals surface area (Å²) >= 11 is 0. The van der Waals surface area contributed by atoms with Crippen LogP contribution in [0.15, 0.2) is 84.9 Å². The lowest BCUT2D eigenvalue weighted by atomic mass is 9.99. The number of methoxy groups -OCH3 is 1. The van der Waals surface area contributed by atoms with Crippen LogP contribution in [0.4, 0.5) is 10.5 Å². The van der Waals surface area contributed by atoms with Crippen LogP contribution in [0.2, 0.25) is 0 Å². The normalized spacial score (nSPS) is 15.7. The number of ether oxygens (including phenoxy) is 1. The van der Waals surface area contributed by atoms with Crippen molar-refractivity contribution < 1.29 is 14.3 Å². The quantitative estimate of drug-likeness (QED) is 0.642. The minimum absolute atomic E-state index is 0.0156. The van der Waals surface area contributed by atoms with Crippen LogP contribution in [0.3, 0.4) is 0 Å². The van der Waals surface area contributed by atoms with E-state index in [4.69, 9.17) is 4.74 Å². The van der Waals surface area contributed by atoms with Crippen molar-refractivity contribution in [1.82, 2.24) is 10.6 Å². The van der Waals surface area contributed by atoms with Crippen LogP contribution in [0.25, 0.3) is 0 Å². The number of benzene rings is 3. The molecule has 0 aromatic heterocycles. The molecule has 0 unspecified atom stereocenters. The van der Waals surface area contributed by atoms with Gasteiger partial charge in [-0.3, -0.25) is 4.79 Å². The van der Waals surface area contributed by atoms with Gasteiger partial charge in [0.2, 0.25) is 5.91 Å². The molecule has 3 amide bonds. The van der Waals surface area contributed by atoms with Crippen molar-refractivity contribution in [3.05, 3.63) is 96.1 Å². The molecule has 0 spiro atoms. The van der Waals surface area contributed by atoms with E-state index >= 15 is 0 Å². The van der Waals surface area contributed by atoms with Gasteiger partial charge in [-0.05, 0) is 35.4 Å². The summed E-state index contributed by atoms with van der Waals surface area (Å²) in [6, 6.07) is 26.1. The van der Waals surface area contributed by atoms with E-state index in [1.807, 2.05) is 84.9 Å². The topological polar surface area (TPSA) is 70.7 Å². The van der Waals surface area contributed by atoms with Crippen LogP contribution in [0.1, 0.15) is 23.6 Å². The van der Waals surface area contributed by atoms with Gasteiger partial charge >= 0.3 is 6.03 Å². The van der Waals surface area contributed by atoms with Gasteiger partial charge in [-0.2, -0.15) is 0 Å². The van der Waals surface area contributed by atoms with Crippen LogP contribution >= 0.6 is 0 Å². The van der Waals surface area contributed by atoms with E-state index in [0.717, 1.165) is 22.6 Å². The Morgan fingerprint density at radius 1 is 0.935 bits per heavy atom. The lowest BCUT2D eigenvalue weighted by Gasteiger charge is -2.22. The predicted octanol–water partition coefficient (Wildman–Crippen LogP) is 3.89. The van der Waals surface area contributed by atoms with Gasteiger partial charge in [0.15, 0.2) is 0 Å². The van der Waals surface area contributed by atoms with Crippen LogP contribution in [0, 0.1) is 0 Å². The van der Waals surface area contributed by atoms with Gasteiger partial charge in [0.05, 0.1) is 19.2 Å². The van der Waals surface area contributed by atoms with E-state index in [2.05, 4.69) is 10.6 Å². The largest absolute Gasteiger partial charge is 0.497 e. The maximum Gasteiger partial charge on any atom is 0.315 e. The number of anilines is 1.